The molecule has 0 aromatic carbocycles. The number of rotatable bonds is 9. The standard InChI is InChI=1S/C16H36N2/c1-8-15(9-2)18(13-14(3)4)12-10-11-17-16(5,6)7/h14-15,17H,8-13H2,1-7H3. The smallest absolute Gasteiger partial charge is 0.00965 e. The number of hydrogen-bond acceptors (Lipinski definition) is 2. The fourth-order valence-corrected chi connectivity index (χ4v) is 2.44. The van der Waals surface area contributed by atoms with Gasteiger partial charge in [-0.05, 0) is 59.0 Å². The Balaban J connectivity index is 4.08. The van der Waals surface area contributed by atoms with Crippen molar-refractivity contribution < 1.29 is 0 Å². The van der Waals surface area contributed by atoms with Crippen molar-refractivity contribution in [3.05, 3.63) is 0 Å². The Morgan fingerprint density at radius 3 is 2.00 bits per heavy atom. The molecule has 0 unspecified atom stereocenters. The Hall–Kier alpha value is -0.0800. The first-order valence-corrected chi connectivity index (χ1v) is 7.79. The topological polar surface area (TPSA) is 15.3 Å². The summed E-state index contributed by atoms with van der Waals surface area (Å²) in [7, 11) is 0. The Labute approximate surface area is 116 Å². The highest BCUT2D eigenvalue weighted by Gasteiger charge is 2.16. The average molecular weight is 256 g/mol. The normalized spacial score (nSPS) is 13.0. The van der Waals surface area contributed by atoms with E-state index in [1.807, 2.05) is 0 Å². The molecule has 0 rings (SSSR count). The van der Waals surface area contributed by atoms with Gasteiger partial charge in [-0.1, -0.05) is 27.7 Å². The minimum atomic E-state index is 0.248. The highest BCUT2D eigenvalue weighted by Crippen LogP contribution is 2.12. The second kappa shape index (κ2) is 8.92. The maximum Gasteiger partial charge on any atom is 0.00965 e. The number of hydrogen-bond donors (Lipinski definition) is 1. The molecular formula is C16H36N2. The van der Waals surface area contributed by atoms with Crippen LogP contribution in [0, 0.1) is 5.92 Å². The Kier molecular flexibility index (Phi) is 8.89. The van der Waals surface area contributed by atoms with Crippen LogP contribution in [0.3, 0.4) is 0 Å². The molecular weight excluding hydrogens is 220 g/mol. The first kappa shape index (κ1) is 17.9. The molecule has 0 fully saturated rings. The second-order valence-corrected chi connectivity index (χ2v) is 6.89. The summed E-state index contributed by atoms with van der Waals surface area (Å²) in [6.45, 7) is 19.6. The molecule has 2 nitrogen and oxygen atoms in total. The molecule has 0 saturated carbocycles. The fraction of sp³-hybridized carbons (Fsp3) is 1.00. The SMILES string of the molecule is CCC(CC)N(CCCNC(C)(C)C)CC(C)C. The van der Waals surface area contributed by atoms with E-state index in [2.05, 4.69) is 58.7 Å². The highest BCUT2D eigenvalue weighted by molar-refractivity contribution is 4.73. The van der Waals surface area contributed by atoms with Crippen LogP contribution in [0.2, 0.25) is 0 Å². The molecule has 0 heterocycles. The van der Waals surface area contributed by atoms with Gasteiger partial charge < -0.3 is 10.2 Å². The van der Waals surface area contributed by atoms with Gasteiger partial charge in [0.2, 0.25) is 0 Å². The molecule has 110 valence electrons. The van der Waals surface area contributed by atoms with E-state index in [4.69, 9.17) is 0 Å². The minimum absolute atomic E-state index is 0.248. The summed E-state index contributed by atoms with van der Waals surface area (Å²) in [5.41, 5.74) is 0.248. The molecule has 0 radical (unpaired) electrons. The van der Waals surface area contributed by atoms with E-state index in [1.54, 1.807) is 0 Å². The van der Waals surface area contributed by atoms with E-state index in [0.29, 0.717) is 0 Å². The predicted octanol–water partition coefficient (Wildman–Crippen LogP) is 3.91. The largest absolute Gasteiger partial charge is 0.312 e. The van der Waals surface area contributed by atoms with Gasteiger partial charge in [-0.25, -0.2) is 0 Å². The van der Waals surface area contributed by atoms with Gasteiger partial charge in [-0.2, -0.15) is 0 Å². The summed E-state index contributed by atoms with van der Waals surface area (Å²) in [5, 5.41) is 3.58. The first-order chi connectivity index (χ1) is 8.30. The molecule has 0 atom stereocenters. The van der Waals surface area contributed by atoms with E-state index in [1.165, 1.54) is 32.4 Å². The van der Waals surface area contributed by atoms with Crippen LogP contribution in [-0.2, 0) is 0 Å². The summed E-state index contributed by atoms with van der Waals surface area (Å²) in [6, 6.07) is 0.766. The van der Waals surface area contributed by atoms with E-state index < -0.39 is 0 Å². The second-order valence-electron chi connectivity index (χ2n) is 6.89. The third-order valence-corrected chi connectivity index (χ3v) is 3.34. The van der Waals surface area contributed by atoms with Crippen molar-refractivity contribution in [2.24, 2.45) is 5.92 Å². The van der Waals surface area contributed by atoms with Gasteiger partial charge in [-0.15, -0.1) is 0 Å². The lowest BCUT2D eigenvalue weighted by Crippen LogP contribution is -2.41. The third-order valence-electron chi connectivity index (χ3n) is 3.34. The van der Waals surface area contributed by atoms with Crippen molar-refractivity contribution in [1.29, 1.82) is 0 Å². The maximum absolute atomic E-state index is 3.58. The zero-order valence-corrected chi connectivity index (χ0v) is 13.8. The van der Waals surface area contributed by atoms with Crippen LogP contribution >= 0.6 is 0 Å². The maximum atomic E-state index is 3.58. The summed E-state index contributed by atoms with van der Waals surface area (Å²) in [6.07, 6.45) is 3.80. The molecule has 0 saturated heterocycles. The van der Waals surface area contributed by atoms with Crippen molar-refractivity contribution in [2.45, 2.75) is 79.3 Å². The van der Waals surface area contributed by atoms with Crippen LogP contribution in [0.15, 0.2) is 0 Å². The summed E-state index contributed by atoms with van der Waals surface area (Å²) in [5.74, 6) is 0.765. The number of nitrogens with zero attached hydrogens (tertiary/aromatic N) is 1. The first-order valence-electron chi connectivity index (χ1n) is 7.79. The van der Waals surface area contributed by atoms with Crippen LogP contribution in [0.25, 0.3) is 0 Å². The highest BCUT2D eigenvalue weighted by atomic mass is 15.2. The Morgan fingerprint density at radius 1 is 1.06 bits per heavy atom. The van der Waals surface area contributed by atoms with Crippen molar-refractivity contribution in [2.75, 3.05) is 19.6 Å². The quantitative estimate of drug-likeness (QED) is 0.629. The molecule has 0 amide bonds. The lowest BCUT2D eigenvalue weighted by atomic mass is 10.1. The molecule has 2 heteroatoms. The van der Waals surface area contributed by atoms with Gasteiger partial charge in [0.25, 0.3) is 0 Å². The molecule has 0 aliphatic rings. The van der Waals surface area contributed by atoms with Gasteiger partial charge in [-0.3, -0.25) is 0 Å². The Bertz CT molecular complexity index is 190. The van der Waals surface area contributed by atoms with Crippen molar-refractivity contribution >= 4 is 0 Å². The van der Waals surface area contributed by atoms with Crippen molar-refractivity contribution in [3.63, 3.8) is 0 Å². The number of nitrogens with one attached hydrogen (secondary N) is 1. The summed E-state index contributed by atoms with van der Waals surface area (Å²) < 4.78 is 0. The molecule has 0 spiro atoms. The van der Waals surface area contributed by atoms with Gasteiger partial charge in [0.15, 0.2) is 0 Å². The summed E-state index contributed by atoms with van der Waals surface area (Å²) in [4.78, 5) is 2.69. The average Bonchev–Trinajstić information content (AvgIpc) is 2.23. The van der Waals surface area contributed by atoms with E-state index in [9.17, 15) is 0 Å². The Morgan fingerprint density at radius 2 is 1.61 bits per heavy atom. The van der Waals surface area contributed by atoms with Crippen molar-refractivity contribution in [3.8, 4) is 0 Å². The van der Waals surface area contributed by atoms with Gasteiger partial charge in [0.1, 0.15) is 0 Å². The molecule has 0 aromatic rings. The van der Waals surface area contributed by atoms with E-state index in [-0.39, 0.29) is 5.54 Å². The molecule has 0 aliphatic heterocycles. The van der Waals surface area contributed by atoms with E-state index in [0.717, 1.165) is 18.5 Å². The monoisotopic (exact) mass is 256 g/mol. The van der Waals surface area contributed by atoms with Gasteiger partial charge in [0, 0.05) is 18.1 Å². The lowest BCUT2D eigenvalue weighted by Gasteiger charge is -2.32. The molecule has 0 bridgehead atoms. The fourth-order valence-electron chi connectivity index (χ4n) is 2.44. The molecule has 1 N–H and O–H groups in total. The van der Waals surface area contributed by atoms with Crippen LogP contribution in [-0.4, -0.2) is 36.1 Å². The zero-order valence-electron chi connectivity index (χ0n) is 13.8. The predicted molar refractivity (Wildman–Crippen MR) is 83.2 cm³/mol. The van der Waals surface area contributed by atoms with Gasteiger partial charge in [0.05, 0.1) is 0 Å². The molecule has 0 aliphatic carbocycles. The minimum Gasteiger partial charge on any atom is -0.312 e. The van der Waals surface area contributed by atoms with Crippen LogP contribution in [0.5, 0.6) is 0 Å². The van der Waals surface area contributed by atoms with Crippen LogP contribution < -0.4 is 5.32 Å². The zero-order chi connectivity index (χ0) is 14.2. The van der Waals surface area contributed by atoms with Crippen LogP contribution in [0.1, 0.15) is 67.7 Å². The molecule has 18 heavy (non-hydrogen) atoms. The molecule has 0 aromatic heterocycles. The third kappa shape index (κ3) is 8.93. The summed E-state index contributed by atoms with van der Waals surface area (Å²) >= 11 is 0. The van der Waals surface area contributed by atoms with Gasteiger partial charge >= 0.3 is 0 Å². The van der Waals surface area contributed by atoms with E-state index >= 15 is 0 Å². The van der Waals surface area contributed by atoms with Crippen molar-refractivity contribution in [1.82, 2.24) is 10.2 Å². The lowest BCUT2D eigenvalue weighted by molar-refractivity contribution is 0.162. The van der Waals surface area contributed by atoms with Crippen LogP contribution in [0.4, 0.5) is 0 Å².